The van der Waals surface area contributed by atoms with Crippen molar-refractivity contribution in [2.24, 2.45) is 0 Å². The zero-order valence-corrected chi connectivity index (χ0v) is 19.8. The molecule has 0 spiro atoms. The van der Waals surface area contributed by atoms with E-state index in [0.717, 1.165) is 0 Å². The first-order valence-electron chi connectivity index (χ1n) is 10.2. The minimum Gasteiger partial charge on any atom is -0.347 e. The van der Waals surface area contributed by atoms with Gasteiger partial charge in [0.05, 0.1) is 22.0 Å². The number of fused-ring (bicyclic) bond motifs is 1. The van der Waals surface area contributed by atoms with Crippen LogP contribution >= 0.6 is 23.2 Å². The molecule has 0 fully saturated rings. The third-order valence-electron chi connectivity index (χ3n) is 4.86. The quantitative estimate of drug-likeness (QED) is 0.327. The van der Waals surface area contributed by atoms with E-state index in [4.69, 9.17) is 23.2 Å². The molecule has 0 aliphatic carbocycles. The number of carbonyl (C=O) groups is 1. The lowest BCUT2D eigenvalue weighted by atomic mass is 10.0. The minimum absolute atomic E-state index is 0.176. The number of alkyl halides is 3. The predicted molar refractivity (Wildman–Crippen MR) is 127 cm³/mol. The van der Waals surface area contributed by atoms with Crippen LogP contribution in [-0.2, 0) is 6.18 Å². The Morgan fingerprint density at radius 1 is 1.00 bits per heavy atom. The molecule has 0 aliphatic rings. The summed E-state index contributed by atoms with van der Waals surface area (Å²) in [4.78, 5) is 16.7. The first-order chi connectivity index (χ1) is 15.8. The zero-order valence-electron chi connectivity index (χ0n) is 18.3. The Hall–Kier alpha value is -3.10. The Kier molecular flexibility index (Phi) is 6.08. The highest BCUT2D eigenvalue weighted by Crippen LogP contribution is 2.37. The predicted octanol–water partition coefficient (Wildman–Crippen LogP) is 6.94. The van der Waals surface area contributed by atoms with Gasteiger partial charge in [-0.05, 0) is 51.1 Å². The number of hydrogen-bond acceptors (Lipinski definition) is 3. The smallest absolute Gasteiger partial charge is 0.347 e. The van der Waals surface area contributed by atoms with E-state index in [1.54, 1.807) is 69.3 Å². The van der Waals surface area contributed by atoms with Crippen LogP contribution in [-0.4, -0.2) is 26.2 Å². The van der Waals surface area contributed by atoms with Crippen molar-refractivity contribution in [3.63, 3.8) is 0 Å². The number of hydrogen-bond donors (Lipinski definition) is 1. The molecule has 0 atom stereocenters. The molecule has 4 rings (SSSR count). The second kappa shape index (κ2) is 8.60. The Bertz CT molecular complexity index is 1390. The van der Waals surface area contributed by atoms with Gasteiger partial charge in [-0.2, -0.15) is 13.2 Å². The van der Waals surface area contributed by atoms with Crippen LogP contribution in [0.25, 0.3) is 28.0 Å². The van der Waals surface area contributed by atoms with Crippen LogP contribution in [0.3, 0.4) is 0 Å². The highest BCUT2D eigenvalue weighted by atomic mass is 35.5. The van der Waals surface area contributed by atoms with Crippen molar-refractivity contribution >= 4 is 40.1 Å². The standard InChI is InChI=1S/C24H19Cl2F3N4O/c1-23(2,3)31-22(34)16-12-15-19(13-8-10-14(25)11-9-13)33(18-7-5-4-6-17(18)26)32-21(15)30-20(16)24(27,28)29/h4-12H,1-3H3,(H,31,34). The van der Waals surface area contributed by atoms with E-state index in [2.05, 4.69) is 15.4 Å². The lowest BCUT2D eigenvalue weighted by Crippen LogP contribution is -2.41. The van der Waals surface area contributed by atoms with Gasteiger partial charge in [0.15, 0.2) is 11.3 Å². The average Bonchev–Trinajstić information content (AvgIpc) is 3.10. The molecule has 2 aromatic carbocycles. The topological polar surface area (TPSA) is 59.8 Å². The minimum atomic E-state index is -4.87. The largest absolute Gasteiger partial charge is 0.434 e. The number of halogens is 5. The molecule has 2 aromatic heterocycles. The first kappa shape index (κ1) is 24.0. The Morgan fingerprint density at radius 2 is 1.65 bits per heavy atom. The summed E-state index contributed by atoms with van der Waals surface area (Å²) in [6.07, 6.45) is -4.87. The van der Waals surface area contributed by atoms with Gasteiger partial charge in [-0.25, -0.2) is 9.67 Å². The van der Waals surface area contributed by atoms with Crippen LogP contribution < -0.4 is 5.32 Å². The van der Waals surface area contributed by atoms with E-state index in [1.165, 1.54) is 10.7 Å². The third-order valence-corrected chi connectivity index (χ3v) is 5.44. The summed E-state index contributed by atoms with van der Waals surface area (Å²) in [5.41, 5.74) is -1.36. The normalized spacial score (nSPS) is 12.2. The zero-order chi connectivity index (χ0) is 24.8. The van der Waals surface area contributed by atoms with Crippen molar-refractivity contribution in [3.05, 3.63) is 75.9 Å². The maximum Gasteiger partial charge on any atom is 0.434 e. The number of benzene rings is 2. The second-order valence-corrected chi connectivity index (χ2v) is 9.52. The van der Waals surface area contributed by atoms with Gasteiger partial charge in [0.2, 0.25) is 0 Å². The summed E-state index contributed by atoms with van der Waals surface area (Å²) >= 11 is 12.4. The van der Waals surface area contributed by atoms with E-state index >= 15 is 0 Å². The molecular formula is C24H19Cl2F3N4O. The van der Waals surface area contributed by atoms with Crippen LogP contribution in [0.2, 0.25) is 10.0 Å². The lowest BCUT2D eigenvalue weighted by Gasteiger charge is -2.21. The summed E-state index contributed by atoms with van der Waals surface area (Å²) in [6.45, 7) is 5.04. The molecule has 0 bridgehead atoms. The first-order valence-corrected chi connectivity index (χ1v) is 10.9. The van der Waals surface area contributed by atoms with Crippen molar-refractivity contribution < 1.29 is 18.0 Å². The molecule has 5 nitrogen and oxygen atoms in total. The fourth-order valence-corrected chi connectivity index (χ4v) is 3.84. The summed E-state index contributed by atoms with van der Waals surface area (Å²) in [6, 6.07) is 14.7. The van der Waals surface area contributed by atoms with Crippen LogP contribution in [0.5, 0.6) is 0 Å². The molecule has 0 saturated heterocycles. The Morgan fingerprint density at radius 3 is 2.24 bits per heavy atom. The van der Waals surface area contributed by atoms with Gasteiger partial charge in [0.25, 0.3) is 5.91 Å². The maximum absolute atomic E-state index is 13.9. The van der Waals surface area contributed by atoms with Crippen molar-refractivity contribution in [2.45, 2.75) is 32.5 Å². The summed E-state index contributed by atoms with van der Waals surface area (Å²) in [5.74, 6) is -0.887. The number of para-hydroxylation sites is 1. The lowest BCUT2D eigenvalue weighted by molar-refractivity contribution is -0.141. The molecule has 10 heteroatoms. The summed E-state index contributed by atoms with van der Waals surface area (Å²) in [5, 5.41) is 8.01. The van der Waals surface area contributed by atoms with Crippen molar-refractivity contribution in [3.8, 4) is 16.9 Å². The molecule has 0 saturated carbocycles. The molecule has 34 heavy (non-hydrogen) atoms. The highest BCUT2D eigenvalue weighted by molar-refractivity contribution is 6.32. The number of pyridine rings is 1. The third kappa shape index (κ3) is 4.74. The van der Waals surface area contributed by atoms with E-state index in [0.29, 0.717) is 27.0 Å². The summed E-state index contributed by atoms with van der Waals surface area (Å²) < 4.78 is 43.2. The second-order valence-electron chi connectivity index (χ2n) is 8.68. The van der Waals surface area contributed by atoms with E-state index in [9.17, 15) is 18.0 Å². The van der Waals surface area contributed by atoms with Crippen LogP contribution in [0, 0.1) is 0 Å². The van der Waals surface area contributed by atoms with Gasteiger partial charge in [-0.15, -0.1) is 5.10 Å². The molecule has 4 aromatic rings. The van der Waals surface area contributed by atoms with Gasteiger partial charge >= 0.3 is 6.18 Å². The van der Waals surface area contributed by atoms with Gasteiger partial charge < -0.3 is 5.32 Å². The van der Waals surface area contributed by atoms with E-state index < -0.39 is 28.9 Å². The van der Waals surface area contributed by atoms with Gasteiger partial charge in [0, 0.05) is 21.5 Å². The monoisotopic (exact) mass is 506 g/mol. The number of nitrogens with zero attached hydrogens (tertiary/aromatic N) is 3. The fourth-order valence-electron chi connectivity index (χ4n) is 3.49. The molecule has 1 N–H and O–H groups in total. The average molecular weight is 507 g/mol. The van der Waals surface area contributed by atoms with Crippen LogP contribution in [0.1, 0.15) is 36.8 Å². The fraction of sp³-hybridized carbons (Fsp3) is 0.208. The van der Waals surface area contributed by atoms with Crippen molar-refractivity contribution in [1.82, 2.24) is 20.1 Å². The number of aromatic nitrogens is 3. The molecule has 176 valence electrons. The Balaban J connectivity index is 2.08. The molecule has 0 radical (unpaired) electrons. The number of amides is 1. The molecule has 0 unspecified atom stereocenters. The van der Waals surface area contributed by atoms with Crippen molar-refractivity contribution in [1.29, 1.82) is 0 Å². The SMILES string of the molecule is CC(C)(C)NC(=O)c1cc2c(-c3ccc(Cl)cc3)n(-c3ccccc3Cl)nc2nc1C(F)(F)F. The van der Waals surface area contributed by atoms with Crippen LogP contribution in [0.15, 0.2) is 54.6 Å². The highest BCUT2D eigenvalue weighted by Gasteiger charge is 2.39. The number of nitrogens with one attached hydrogen (secondary N) is 1. The van der Waals surface area contributed by atoms with Crippen LogP contribution in [0.4, 0.5) is 13.2 Å². The molecule has 1 amide bonds. The van der Waals surface area contributed by atoms with E-state index in [1.807, 2.05) is 0 Å². The molecule has 2 heterocycles. The molecular weight excluding hydrogens is 488 g/mol. The van der Waals surface area contributed by atoms with E-state index in [-0.39, 0.29) is 11.0 Å². The Labute approximate surface area is 203 Å². The maximum atomic E-state index is 13.9. The number of carbonyl (C=O) groups excluding carboxylic acids is 1. The molecule has 0 aliphatic heterocycles. The van der Waals surface area contributed by atoms with Gasteiger partial charge in [0.1, 0.15) is 0 Å². The van der Waals surface area contributed by atoms with Gasteiger partial charge in [-0.3, -0.25) is 4.79 Å². The van der Waals surface area contributed by atoms with Gasteiger partial charge in [-0.1, -0.05) is 47.5 Å². The number of rotatable bonds is 3. The van der Waals surface area contributed by atoms with Crippen molar-refractivity contribution in [2.75, 3.05) is 0 Å². The summed E-state index contributed by atoms with van der Waals surface area (Å²) in [7, 11) is 0.